The van der Waals surface area contributed by atoms with Gasteiger partial charge in [0.2, 0.25) is 70.9 Å². The molecule has 2 saturated heterocycles. The number of rotatable bonds is 38. The standard InChI is InChI=1S/C79H132N14O16/c1-19-23-24-25-26-27-28-32-39-57(95)84-58(43(5)6)72(101)91-65(50(17)94)76(105)86-60(45(9)10)73(102)87-61(46(11)12)78(107)93-41-34-38-56(93)70(99)82-54(37-33-40-80)68(97)89-63(48(15)20-2)75(104)92-66-51(18)109-79(108)62(47(13)14)88-67(96)53(22-4)81-69(98)55(42-52-35-30-29-31-36-52)83-71(100)59(44(7)8)85-74(103)64(49(16)21-3)90-77(66)106/h22,29-31,35-36,43-51,54-56,58-66,94H,19-21,23-28,32-34,37-42,80H2,1-18H3,(H,81,98)(H,82,99)(H,83,100)(H,84,95)(H,85,103)(H,86,105)(H,87,102)(H,88,96)(H,89,97)(H,90,106)(H,91,101)(H,92,104)/b53-22-/t48-,49-,50-,51+,54+,55+,56-,58-,59-,60+,61-,62+,63-,64-,65+,66-/m1/s1. The number of ether oxygens (including phenoxy) is 1. The highest BCUT2D eigenvalue weighted by Gasteiger charge is 2.45. The molecule has 2 fully saturated rings. The quantitative estimate of drug-likeness (QED) is 0.0256. The van der Waals surface area contributed by atoms with E-state index >= 15 is 9.59 Å². The summed E-state index contributed by atoms with van der Waals surface area (Å²) < 4.78 is 5.97. The van der Waals surface area contributed by atoms with Crippen LogP contribution in [0.15, 0.2) is 42.1 Å². The Morgan fingerprint density at radius 1 is 0.587 bits per heavy atom. The van der Waals surface area contributed by atoms with E-state index < -0.39 is 203 Å². The molecule has 2 aliphatic rings. The van der Waals surface area contributed by atoms with Crippen molar-refractivity contribution in [2.24, 2.45) is 47.2 Å². The number of likely N-dealkylation sites (tertiary alicyclic amines) is 1. The molecule has 0 bridgehead atoms. The number of hydrogen-bond acceptors (Lipinski definition) is 17. The Balaban J connectivity index is 1.96. The van der Waals surface area contributed by atoms with Gasteiger partial charge in [0, 0.05) is 19.4 Å². The van der Waals surface area contributed by atoms with Gasteiger partial charge in [0.15, 0.2) is 0 Å². The molecule has 0 aromatic heterocycles. The number of carbonyl (C=O) groups is 14. The smallest absolute Gasteiger partial charge is 0.329 e. The fourth-order valence-electron chi connectivity index (χ4n) is 12.9. The van der Waals surface area contributed by atoms with Gasteiger partial charge in [0.05, 0.1) is 6.10 Å². The van der Waals surface area contributed by atoms with Gasteiger partial charge in [-0.25, -0.2) is 4.79 Å². The number of hydrogen-bond donors (Lipinski definition) is 14. The highest BCUT2D eigenvalue weighted by atomic mass is 16.5. The number of nitrogens with one attached hydrogen (secondary N) is 12. The second kappa shape index (κ2) is 47.5. The van der Waals surface area contributed by atoms with E-state index in [4.69, 9.17) is 10.5 Å². The number of amides is 13. The summed E-state index contributed by atoms with van der Waals surface area (Å²) in [5.74, 6) is -15.4. The first-order valence-corrected chi connectivity index (χ1v) is 39.6. The monoisotopic (exact) mass is 1530 g/mol. The van der Waals surface area contributed by atoms with Crippen LogP contribution >= 0.6 is 0 Å². The molecule has 1 aromatic rings. The lowest BCUT2D eigenvalue weighted by molar-refractivity contribution is -0.157. The summed E-state index contributed by atoms with van der Waals surface area (Å²) in [6.45, 7) is 29.9. The Morgan fingerprint density at radius 3 is 1.66 bits per heavy atom. The van der Waals surface area contributed by atoms with Crippen molar-refractivity contribution < 1.29 is 77.0 Å². The first-order valence-electron chi connectivity index (χ1n) is 39.6. The lowest BCUT2D eigenvalue weighted by Crippen LogP contribution is -2.64. The molecule has 614 valence electrons. The number of aliphatic hydroxyl groups excluding tert-OH is 1. The van der Waals surface area contributed by atoms with Crippen molar-refractivity contribution in [2.75, 3.05) is 13.1 Å². The number of allylic oxidation sites excluding steroid dienone is 1. The second-order valence-corrected chi connectivity index (χ2v) is 31.1. The van der Waals surface area contributed by atoms with E-state index in [1.165, 1.54) is 44.6 Å². The van der Waals surface area contributed by atoms with Gasteiger partial charge in [-0.15, -0.1) is 0 Å². The van der Waals surface area contributed by atoms with Crippen molar-refractivity contribution in [1.82, 2.24) is 68.7 Å². The van der Waals surface area contributed by atoms with Crippen LogP contribution in [-0.4, -0.2) is 191 Å². The molecule has 1 aromatic carbocycles. The highest BCUT2D eigenvalue weighted by Crippen LogP contribution is 2.23. The second-order valence-electron chi connectivity index (χ2n) is 31.1. The van der Waals surface area contributed by atoms with Crippen LogP contribution in [0.1, 0.15) is 227 Å². The van der Waals surface area contributed by atoms with Crippen LogP contribution in [0.5, 0.6) is 0 Å². The average Bonchev–Trinajstić information content (AvgIpc) is 1.79. The summed E-state index contributed by atoms with van der Waals surface area (Å²) in [7, 11) is 0. The summed E-state index contributed by atoms with van der Waals surface area (Å²) in [5, 5.41) is 43.4. The third-order valence-electron chi connectivity index (χ3n) is 20.3. The minimum atomic E-state index is -1.83. The van der Waals surface area contributed by atoms with E-state index in [0.29, 0.717) is 24.8 Å². The highest BCUT2D eigenvalue weighted by molar-refractivity contribution is 6.03. The maximum atomic E-state index is 15.1. The molecular formula is C79H132N14O16. The molecule has 0 saturated carbocycles. The van der Waals surface area contributed by atoms with E-state index in [2.05, 4.69) is 70.7 Å². The number of esters is 1. The van der Waals surface area contributed by atoms with Crippen LogP contribution in [-0.2, 0) is 78.3 Å². The van der Waals surface area contributed by atoms with Crippen molar-refractivity contribution >= 4 is 82.8 Å². The summed E-state index contributed by atoms with van der Waals surface area (Å²) in [4.78, 5) is 203. The molecule has 13 amide bonds. The molecular weight excluding hydrogens is 1400 g/mol. The molecule has 16 atom stereocenters. The van der Waals surface area contributed by atoms with Crippen molar-refractivity contribution in [2.45, 2.75) is 312 Å². The Bertz CT molecular complexity index is 3220. The minimum absolute atomic E-state index is 0.0352. The molecule has 0 spiro atoms. The predicted octanol–water partition coefficient (Wildman–Crippen LogP) is 3.54. The third kappa shape index (κ3) is 30.0. The lowest BCUT2D eigenvalue weighted by atomic mass is 9.95. The predicted molar refractivity (Wildman–Crippen MR) is 414 cm³/mol. The SMILES string of the molecule is C/C=C1\NC(=O)[C@H](Cc2ccccc2)NC(=O)[C@@H](C(C)C)NC(=O)[C@@H]([C@H](C)CC)NC(=O)[C@H](NC(=O)[C@H](NC(=O)[C@H](CCCN)NC(=O)[C@H]2CCCN2C(=O)[C@H](NC(=O)[C@@H](NC(=O)[C@@H](NC(=O)[C@H](NC(=O)CCCCCCCCCC)C(C)C)[C@@H](C)O)C(C)C)C(C)C)[C@H](C)CC)[C@H](C)OC(=O)[C@H](C(C)C)NC1=O. The zero-order valence-corrected chi connectivity index (χ0v) is 67.9. The molecule has 2 aliphatic heterocycles. The Labute approximate surface area is 645 Å². The van der Waals surface area contributed by atoms with Gasteiger partial charge in [-0.3, -0.25) is 62.3 Å². The zero-order valence-electron chi connectivity index (χ0n) is 67.9. The van der Waals surface area contributed by atoms with E-state index in [1.54, 1.807) is 127 Å². The third-order valence-corrected chi connectivity index (χ3v) is 20.3. The number of unbranched alkanes of at least 4 members (excludes halogenated alkanes) is 7. The van der Waals surface area contributed by atoms with E-state index in [9.17, 15) is 62.6 Å². The molecule has 109 heavy (non-hydrogen) atoms. The van der Waals surface area contributed by atoms with Crippen LogP contribution in [0, 0.1) is 41.4 Å². The van der Waals surface area contributed by atoms with Gasteiger partial charge in [-0.05, 0) is 106 Å². The van der Waals surface area contributed by atoms with Crippen molar-refractivity contribution in [3.8, 4) is 0 Å². The Morgan fingerprint density at radius 2 is 1.12 bits per heavy atom. The van der Waals surface area contributed by atoms with Crippen molar-refractivity contribution in [1.29, 1.82) is 0 Å². The topological polar surface area (TPSA) is 442 Å². The first-order chi connectivity index (χ1) is 51.4. The summed E-state index contributed by atoms with van der Waals surface area (Å²) >= 11 is 0. The van der Waals surface area contributed by atoms with Gasteiger partial charge in [0.25, 0.3) is 5.91 Å². The molecule has 30 nitrogen and oxygen atoms in total. The van der Waals surface area contributed by atoms with Gasteiger partial charge < -0.3 is 84.3 Å². The van der Waals surface area contributed by atoms with Gasteiger partial charge in [-0.1, -0.05) is 198 Å². The molecule has 0 radical (unpaired) electrons. The van der Waals surface area contributed by atoms with Crippen LogP contribution in [0.25, 0.3) is 0 Å². The Hall–Kier alpha value is -8.54. The Kier molecular flexibility index (Phi) is 41.3. The molecule has 0 aliphatic carbocycles. The zero-order chi connectivity index (χ0) is 82.1. The van der Waals surface area contributed by atoms with Gasteiger partial charge in [0.1, 0.15) is 84.3 Å². The maximum Gasteiger partial charge on any atom is 0.329 e. The van der Waals surface area contributed by atoms with E-state index in [0.717, 1.165) is 32.1 Å². The number of aliphatic hydroxyl groups is 1. The number of benzene rings is 1. The van der Waals surface area contributed by atoms with Crippen molar-refractivity contribution in [3.63, 3.8) is 0 Å². The number of cyclic esters (lactones) is 1. The summed E-state index contributed by atoms with van der Waals surface area (Å²) in [6.07, 6.45) is 7.92. The van der Waals surface area contributed by atoms with Crippen molar-refractivity contribution in [3.05, 3.63) is 47.7 Å². The van der Waals surface area contributed by atoms with E-state index in [-0.39, 0.29) is 63.2 Å². The van der Waals surface area contributed by atoms with Gasteiger partial charge in [-0.2, -0.15) is 0 Å². The summed E-state index contributed by atoms with van der Waals surface area (Å²) in [6, 6.07) is -7.66. The van der Waals surface area contributed by atoms with Gasteiger partial charge >= 0.3 is 5.97 Å². The average molecular weight is 1530 g/mol. The fraction of sp³-hybridized carbons (Fsp3) is 0.722. The van der Waals surface area contributed by atoms with Crippen LogP contribution in [0.2, 0.25) is 0 Å². The summed E-state index contributed by atoms with van der Waals surface area (Å²) in [5.41, 5.74) is 6.35. The fourth-order valence-corrected chi connectivity index (χ4v) is 12.9. The molecule has 30 heteroatoms. The molecule has 2 heterocycles. The molecule has 15 N–H and O–H groups in total. The molecule has 3 rings (SSSR count). The minimum Gasteiger partial charge on any atom is -0.458 e. The van der Waals surface area contributed by atoms with Crippen LogP contribution < -0.4 is 69.5 Å². The van der Waals surface area contributed by atoms with E-state index in [1.807, 2.05) is 0 Å². The van der Waals surface area contributed by atoms with Crippen LogP contribution in [0.3, 0.4) is 0 Å². The normalized spacial score (nSPS) is 22.1. The lowest BCUT2D eigenvalue weighted by Gasteiger charge is -2.33. The maximum absolute atomic E-state index is 15.1. The molecule has 0 unspecified atom stereocenters. The first kappa shape index (κ1) is 94.7. The number of carbonyl (C=O) groups excluding carboxylic acids is 14. The van der Waals surface area contributed by atoms with Crippen LogP contribution in [0.4, 0.5) is 0 Å². The largest absolute Gasteiger partial charge is 0.458 e. The number of nitrogens with two attached hydrogens (primary N) is 1. The number of nitrogens with zero attached hydrogens (tertiary/aromatic N) is 1.